The predicted octanol–water partition coefficient (Wildman–Crippen LogP) is 4.62. The van der Waals surface area contributed by atoms with Gasteiger partial charge in [-0.25, -0.2) is 9.67 Å². The van der Waals surface area contributed by atoms with E-state index in [0.29, 0.717) is 17.0 Å². The fourth-order valence-corrected chi connectivity index (χ4v) is 4.33. The van der Waals surface area contributed by atoms with Crippen LogP contribution in [0.2, 0.25) is 0 Å². The standard InChI is InChI=1S/C18H13F3N4OS2/c1-11-23-15(18(19,20)21)14(28-11)16(26)17(10-22,27-2)13-8-9-25(24-13)12-6-4-3-5-7-12/h3-9H,1-2H3. The highest BCUT2D eigenvalue weighted by Gasteiger charge is 2.48. The summed E-state index contributed by atoms with van der Waals surface area (Å²) in [5.74, 6) is -0.973. The number of Topliss-reactive ketones (excluding diaryl/α,β-unsaturated/α-hetero) is 1. The lowest BCUT2D eigenvalue weighted by molar-refractivity contribution is -0.141. The van der Waals surface area contributed by atoms with E-state index >= 15 is 0 Å². The van der Waals surface area contributed by atoms with Crippen molar-refractivity contribution >= 4 is 28.9 Å². The van der Waals surface area contributed by atoms with E-state index in [9.17, 15) is 23.2 Å². The lowest BCUT2D eigenvalue weighted by Gasteiger charge is -2.20. The number of para-hydroxylation sites is 1. The minimum absolute atomic E-state index is 0.0653. The number of nitriles is 1. The molecule has 0 saturated heterocycles. The molecule has 28 heavy (non-hydrogen) atoms. The molecule has 10 heteroatoms. The molecule has 0 aliphatic carbocycles. The molecule has 0 fully saturated rings. The normalized spacial score (nSPS) is 13.7. The monoisotopic (exact) mass is 422 g/mol. The molecule has 0 saturated carbocycles. The molecule has 0 spiro atoms. The molecule has 1 unspecified atom stereocenters. The van der Waals surface area contributed by atoms with Crippen LogP contribution >= 0.6 is 23.1 Å². The molecule has 0 amide bonds. The van der Waals surface area contributed by atoms with E-state index in [0.717, 1.165) is 11.8 Å². The van der Waals surface area contributed by atoms with Crippen LogP contribution in [0.4, 0.5) is 13.2 Å². The zero-order chi connectivity index (χ0) is 20.5. The van der Waals surface area contributed by atoms with E-state index < -0.39 is 27.3 Å². The number of alkyl halides is 3. The first kappa shape index (κ1) is 20.1. The number of hydrogen-bond acceptors (Lipinski definition) is 6. The lowest BCUT2D eigenvalue weighted by atomic mass is 9.98. The number of nitrogens with zero attached hydrogens (tertiary/aromatic N) is 4. The van der Waals surface area contributed by atoms with E-state index in [2.05, 4.69) is 10.1 Å². The van der Waals surface area contributed by atoms with Gasteiger partial charge in [-0.05, 0) is 31.4 Å². The van der Waals surface area contributed by atoms with Gasteiger partial charge in [0.2, 0.25) is 10.5 Å². The van der Waals surface area contributed by atoms with Gasteiger partial charge >= 0.3 is 6.18 Å². The van der Waals surface area contributed by atoms with Crippen LogP contribution in [0.25, 0.3) is 5.69 Å². The minimum atomic E-state index is -4.79. The van der Waals surface area contributed by atoms with Crippen LogP contribution in [0, 0.1) is 18.3 Å². The average molecular weight is 422 g/mol. The zero-order valence-corrected chi connectivity index (χ0v) is 16.3. The molecule has 0 aliphatic heterocycles. The third-order valence-corrected chi connectivity index (χ3v) is 6.03. The van der Waals surface area contributed by atoms with Gasteiger partial charge in [0.1, 0.15) is 10.6 Å². The van der Waals surface area contributed by atoms with Crippen LogP contribution in [0.5, 0.6) is 0 Å². The van der Waals surface area contributed by atoms with Crippen LogP contribution in [0.1, 0.15) is 26.1 Å². The molecule has 3 aromatic rings. The predicted molar refractivity (Wildman–Crippen MR) is 101 cm³/mol. The van der Waals surface area contributed by atoms with Crippen molar-refractivity contribution in [2.75, 3.05) is 6.26 Å². The Bertz CT molecular complexity index is 1050. The maximum absolute atomic E-state index is 13.3. The molecule has 0 radical (unpaired) electrons. The Hall–Kier alpha value is -2.64. The summed E-state index contributed by atoms with van der Waals surface area (Å²) in [4.78, 5) is 16.0. The summed E-state index contributed by atoms with van der Waals surface area (Å²) in [6.07, 6.45) is -1.74. The van der Waals surface area contributed by atoms with Crippen molar-refractivity contribution in [1.82, 2.24) is 14.8 Å². The van der Waals surface area contributed by atoms with Crippen molar-refractivity contribution in [3.63, 3.8) is 0 Å². The van der Waals surface area contributed by atoms with Gasteiger partial charge in [-0.15, -0.1) is 23.1 Å². The minimum Gasteiger partial charge on any atom is -0.290 e. The van der Waals surface area contributed by atoms with Crippen LogP contribution < -0.4 is 0 Å². The molecule has 2 aromatic heterocycles. The fourth-order valence-electron chi connectivity index (χ4n) is 2.64. The summed E-state index contributed by atoms with van der Waals surface area (Å²) < 4.78 is 39.5. The summed E-state index contributed by atoms with van der Waals surface area (Å²) in [5.41, 5.74) is -0.509. The maximum Gasteiger partial charge on any atom is 0.434 e. The van der Waals surface area contributed by atoms with Crippen LogP contribution in [-0.2, 0) is 10.9 Å². The number of benzene rings is 1. The Kier molecular flexibility index (Phi) is 5.32. The third kappa shape index (κ3) is 3.43. The maximum atomic E-state index is 13.3. The van der Waals surface area contributed by atoms with Crippen molar-refractivity contribution in [3.8, 4) is 11.8 Å². The van der Waals surface area contributed by atoms with Gasteiger partial charge in [-0.2, -0.15) is 23.5 Å². The third-order valence-electron chi connectivity index (χ3n) is 3.96. The first-order chi connectivity index (χ1) is 13.2. The van der Waals surface area contributed by atoms with Crippen LogP contribution in [0.3, 0.4) is 0 Å². The molecule has 0 N–H and O–H groups in total. The van der Waals surface area contributed by atoms with Gasteiger partial charge in [0.05, 0.1) is 16.8 Å². The molecular weight excluding hydrogens is 409 g/mol. The zero-order valence-electron chi connectivity index (χ0n) is 14.7. The van der Waals surface area contributed by atoms with Crippen LogP contribution in [0.15, 0.2) is 42.6 Å². The molecule has 3 rings (SSSR count). The van der Waals surface area contributed by atoms with Gasteiger partial charge in [-0.3, -0.25) is 4.79 Å². The number of thiazole rings is 1. The molecule has 0 bridgehead atoms. The molecule has 0 aliphatic rings. The van der Waals surface area contributed by atoms with Crippen molar-refractivity contribution in [3.05, 3.63) is 63.9 Å². The van der Waals surface area contributed by atoms with E-state index in [1.54, 1.807) is 30.5 Å². The highest BCUT2D eigenvalue weighted by molar-refractivity contribution is 8.00. The summed E-state index contributed by atoms with van der Waals surface area (Å²) in [6.45, 7) is 1.38. The van der Waals surface area contributed by atoms with E-state index in [1.165, 1.54) is 23.9 Å². The fraction of sp³-hybridized carbons (Fsp3) is 0.222. The highest BCUT2D eigenvalue weighted by Crippen LogP contribution is 2.42. The second kappa shape index (κ2) is 7.41. The lowest BCUT2D eigenvalue weighted by Crippen LogP contribution is -2.32. The van der Waals surface area contributed by atoms with Crippen molar-refractivity contribution in [2.45, 2.75) is 17.8 Å². The van der Waals surface area contributed by atoms with E-state index in [-0.39, 0.29) is 10.7 Å². The molecule has 1 atom stereocenters. The Labute approximate surface area is 166 Å². The largest absolute Gasteiger partial charge is 0.434 e. The summed E-state index contributed by atoms with van der Waals surface area (Å²) in [6, 6.07) is 12.3. The summed E-state index contributed by atoms with van der Waals surface area (Å²) in [5, 5.41) is 14.2. The van der Waals surface area contributed by atoms with Crippen LogP contribution in [-0.4, -0.2) is 26.8 Å². The number of aromatic nitrogens is 3. The van der Waals surface area contributed by atoms with Crippen molar-refractivity contribution in [2.24, 2.45) is 0 Å². The number of aryl methyl sites for hydroxylation is 1. The van der Waals surface area contributed by atoms with E-state index in [4.69, 9.17) is 0 Å². The SMILES string of the molecule is CSC(C#N)(C(=O)c1sc(C)nc1C(F)(F)F)c1ccn(-c2ccccc2)n1. The number of hydrogen-bond donors (Lipinski definition) is 0. The Morgan fingerprint density at radius 1 is 1.25 bits per heavy atom. The first-order valence-corrected chi connectivity index (χ1v) is 9.94. The Balaban J connectivity index is 2.11. The molecule has 2 heterocycles. The molecule has 5 nitrogen and oxygen atoms in total. The number of carbonyl (C=O) groups is 1. The van der Waals surface area contributed by atoms with Gasteiger partial charge in [0, 0.05) is 6.20 Å². The Morgan fingerprint density at radius 2 is 1.93 bits per heavy atom. The van der Waals surface area contributed by atoms with Gasteiger partial charge < -0.3 is 0 Å². The summed E-state index contributed by atoms with van der Waals surface area (Å²) in [7, 11) is 0. The quantitative estimate of drug-likeness (QED) is 0.561. The highest BCUT2D eigenvalue weighted by atomic mass is 32.2. The number of carbonyl (C=O) groups excluding carboxylic acids is 1. The Morgan fingerprint density at radius 3 is 2.50 bits per heavy atom. The molecular formula is C18H13F3N4OS2. The van der Waals surface area contributed by atoms with Crippen molar-refractivity contribution in [1.29, 1.82) is 5.26 Å². The van der Waals surface area contributed by atoms with Gasteiger partial charge in [-0.1, -0.05) is 18.2 Å². The second-order valence-corrected chi connectivity index (χ2v) is 7.94. The summed E-state index contributed by atoms with van der Waals surface area (Å²) >= 11 is 1.46. The first-order valence-electron chi connectivity index (χ1n) is 7.90. The van der Waals surface area contributed by atoms with Gasteiger partial charge in [0.15, 0.2) is 5.69 Å². The average Bonchev–Trinajstić information content (AvgIpc) is 3.31. The number of thioether (sulfide) groups is 1. The number of rotatable bonds is 5. The topological polar surface area (TPSA) is 71.6 Å². The smallest absolute Gasteiger partial charge is 0.290 e. The van der Waals surface area contributed by atoms with Gasteiger partial charge in [0.25, 0.3) is 0 Å². The molecule has 1 aromatic carbocycles. The van der Waals surface area contributed by atoms with E-state index in [1.807, 2.05) is 12.1 Å². The number of halogens is 3. The number of ketones is 1. The second-order valence-electron chi connectivity index (χ2n) is 5.72. The van der Waals surface area contributed by atoms with Crippen molar-refractivity contribution < 1.29 is 18.0 Å². The molecule has 144 valence electrons.